The molecule has 0 saturated carbocycles. The number of hydrogen-bond donors (Lipinski definition) is 0. The molecular formula is C24H25FN6O3S. The van der Waals surface area contributed by atoms with E-state index in [9.17, 15) is 9.18 Å². The van der Waals surface area contributed by atoms with Crippen LogP contribution in [0, 0.1) is 26.6 Å². The minimum atomic E-state index is -0.355. The second-order valence-corrected chi connectivity index (χ2v) is 9.27. The number of hydrogen-bond acceptors (Lipinski definition) is 8. The van der Waals surface area contributed by atoms with Crippen LogP contribution in [-0.2, 0) is 4.74 Å². The van der Waals surface area contributed by atoms with E-state index < -0.39 is 0 Å². The van der Waals surface area contributed by atoms with Crippen molar-refractivity contribution in [3.05, 3.63) is 64.9 Å². The Hall–Kier alpha value is -3.44. The fourth-order valence-corrected chi connectivity index (χ4v) is 5.06. The summed E-state index contributed by atoms with van der Waals surface area (Å²) in [5.74, 6) is 1.70. The van der Waals surface area contributed by atoms with E-state index in [2.05, 4.69) is 20.3 Å². The molecule has 11 heteroatoms. The highest BCUT2D eigenvalue weighted by atomic mass is 32.2. The van der Waals surface area contributed by atoms with Crippen molar-refractivity contribution in [1.82, 2.24) is 24.5 Å². The van der Waals surface area contributed by atoms with Crippen LogP contribution >= 0.6 is 11.8 Å². The molecule has 4 heterocycles. The summed E-state index contributed by atoms with van der Waals surface area (Å²) in [4.78, 5) is 15.3. The Labute approximate surface area is 205 Å². The third-order valence-electron chi connectivity index (χ3n) is 5.89. The van der Waals surface area contributed by atoms with E-state index in [0.29, 0.717) is 60.2 Å². The van der Waals surface area contributed by atoms with Crippen LogP contribution in [0.1, 0.15) is 27.5 Å². The molecule has 0 amide bonds. The largest absolute Gasteiger partial charge is 0.378 e. The highest BCUT2D eigenvalue weighted by Crippen LogP contribution is 2.29. The fourth-order valence-electron chi connectivity index (χ4n) is 4.23. The normalized spacial score (nSPS) is 14.0. The second kappa shape index (κ2) is 9.67. The van der Waals surface area contributed by atoms with Crippen molar-refractivity contribution in [2.24, 2.45) is 0 Å². The molecule has 3 aromatic heterocycles. The molecule has 1 saturated heterocycles. The van der Waals surface area contributed by atoms with Gasteiger partial charge in [0.2, 0.25) is 5.95 Å². The van der Waals surface area contributed by atoms with Crippen molar-refractivity contribution in [3.8, 4) is 11.5 Å². The lowest BCUT2D eigenvalue weighted by molar-refractivity contribution is 0.102. The van der Waals surface area contributed by atoms with E-state index in [1.54, 1.807) is 16.7 Å². The van der Waals surface area contributed by atoms with Crippen molar-refractivity contribution in [2.75, 3.05) is 37.0 Å². The van der Waals surface area contributed by atoms with Gasteiger partial charge in [0, 0.05) is 36.1 Å². The Morgan fingerprint density at radius 2 is 1.89 bits per heavy atom. The molecule has 0 unspecified atom stereocenters. The average Bonchev–Trinajstić information content (AvgIpc) is 3.55. The molecule has 5 rings (SSSR count). The fraction of sp³-hybridized carbons (Fsp3) is 0.333. The maximum atomic E-state index is 14.1. The minimum Gasteiger partial charge on any atom is -0.378 e. The summed E-state index contributed by atoms with van der Waals surface area (Å²) in [6.45, 7) is 8.12. The lowest BCUT2D eigenvalue weighted by Gasteiger charge is -2.27. The van der Waals surface area contributed by atoms with Gasteiger partial charge in [-0.15, -0.1) is 10.2 Å². The summed E-state index contributed by atoms with van der Waals surface area (Å²) < 4.78 is 28.4. The molecule has 4 aromatic rings. The predicted octanol–water partition coefficient (Wildman–Crippen LogP) is 3.92. The van der Waals surface area contributed by atoms with Crippen LogP contribution < -0.4 is 4.90 Å². The first-order valence-electron chi connectivity index (χ1n) is 11.2. The summed E-state index contributed by atoms with van der Waals surface area (Å²) >= 11 is 1.28. The Kier molecular flexibility index (Phi) is 6.44. The van der Waals surface area contributed by atoms with Gasteiger partial charge in [-0.05, 0) is 45.0 Å². The number of halogens is 1. The molecule has 0 atom stereocenters. The van der Waals surface area contributed by atoms with Crippen LogP contribution in [-0.4, -0.2) is 62.3 Å². The number of aryl methyl sites for hydroxylation is 2. The van der Waals surface area contributed by atoms with E-state index in [1.807, 2.05) is 37.5 Å². The number of aromatic nitrogens is 5. The number of thioether (sulfide) groups is 1. The standard InChI is InChI=1S/C24H25FN6O3S/c1-15-11-20(17(3)30(15)22-12-16(2)34-28-22)21(32)14-35-24-27-26-23(29-7-9-33-10-8-29)31(24)19-6-4-5-18(25)13-19/h4-6,11-13H,7-10,14H2,1-3H3. The van der Waals surface area contributed by atoms with Gasteiger partial charge in [0.25, 0.3) is 0 Å². The molecule has 0 bridgehead atoms. The Balaban J connectivity index is 1.42. The summed E-state index contributed by atoms with van der Waals surface area (Å²) in [6.07, 6.45) is 0. The Morgan fingerprint density at radius 3 is 2.60 bits per heavy atom. The number of ketones is 1. The molecule has 0 spiro atoms. The van der Waals surface area contributed by atoms with Crippen LogP contribution in [0.25, 0.3) is 11.5 Å². The molecule has 0 radical (unpaired) electrons. The van der Waals surface area contributed by atoms with Crippen LogP contribution in [0.2, 0.25) is 0 Å². The quantitative estimate of drug-likeness (QED) is 0.281. The van der Waals surface area contributed by atoms with Gasteiger partial charge in [-0.1, -0.05) is 23.0 Å². The molecule has 35 heavy (non-hydrogen) atoms. The number of carbonyl (C=O) groups excluding carboxylic acids is 1. The first kappa shape index (κ1) is 23.3. The minimum absolute atomic E-state index is 0.0451. The molecule has 182 valence electrons. The van der Waals surface area contributed by atoms with Crippen LogP contribution in [0.15, 0.2) is 46.1 Å². The average molecular weight is 497 g/mol. The van der Waals surface area contributed by atoms with E-state index in [0.717, 1.165) is 11.4 Å². The van der Waals surface area contributed by atoms with Gasteiger partial charge in [-0.25, -0.2) is 4.39 Å². The number of rotatable bonds is 7. The van der Waals surface area contributed by atoms with Gasteiger partial charge in [0.1, 0.15) is 11.6 Å². The first-order chi connectivity index (χ1) is 16.9. The van der Waals surface area contributed by atoms with Gasteiger partial charge >= 0.3 is 0 Å². The Bertz CT molecular complexity index is 1370. The SMILES string of the molecule is Cc1cc(-n2c(C)cc(C(=O)CSc3nnc(N4CCOCC4)n3-c3cccc(F)c3)c2C)no1. The molecule has 1 fully saturated rings. The van der Waals surface area contributed by atoms with Gasteiger partial charge in [-0.3, -0.25) is 13.9 Å². The molecule has 1 aromatic carbocycles. The van der Waals surface area contributed by atoms with E-state index in [-0.39, 0.29) is 17.4 Å². The zero-order valence-electron chi connectivity index (χ0n) is 19.7. The third kappa shape index (κ3) is 4.61. The van der Waals surface area contributed by atoms with Crippen LogP contribution in [0.5, 0.6) is 0 Å². The van der Waals surface area contributed by atoms with Crippen molar-refractivity contribution >= 4 is 23.5 Å². The zero-order chi connectivity index (χ0) is 24.5. The van der Waals surface area contributed by atoms with Crippen LogP contribution in [0.4, 0.5) is 10.3 Å². The van der Waals surface area contributed by atoms with Crippen molar-refractivity contribution < 1.29 is 18.4 Å². The molecule has 1 aliphatic rings. The van der Waals surface area contributed by atoms with Gasteiger partial charge < -0.3 is 14.2 Å². The van der Waals surface area contributed by atoms with E-state index in [1.165, 1.54) is 23.9 Å². The number of ether oxygens (including phenoxy) is 1. The predicted molar refractivity (Wildman–Crippen MR) is 129 cm³/mol. The highest BCUT2D eigenvalue weighted by molar-refractivity contribution is 7.99. The maximum Gasteiger partial charge on any atom is 0.232 e. The van der Waals surface area contributed by atoms with Crippen molar-refractivity contribution in [3.63, 3.8) is 0 Å². The maximum absolute atomic E-state index is 14.1. The molecule has 1 aliphatic heterocycles. The molecule has 0 N–H and O–H groups in total. The monoisotopic (exact) mass is 496 g/mol. The number of carbonyl (C=O) groups is 1. The summed E-state index contributed by atoms with van der Waals surface area (Å²) in [5.41, 5.74) is 2.90. The molecule has 9 nitrogen and oxygen atoms in total. The number of anilines is 1. The highest BCUT2D eigenvalue weighted by Gasteiger charge is 2.24. The zero-order valence-corrected chi connectivity index (χ0v) is 20.5. The summed E-state index contributed by atoms with van der Waals surface area (Å²) in [7, 11) is 0. The Morgan fingerprint density at radius 1 is 1.09 bits per heavy atom. The summed E-state index contributed by atoms with van der Waals surface area (Å²) in [6, 6.07) is 9.97. The van der Waals surface area contributed by atoms with Gasteiger partial charge in [0.15, 0.2) is 16.8 Å². The van der Waals surface area contributed by atoms with Gasteiger partial charge in [0.05, 0.1) is 24.7 Å². The molecule has 0 aliphatic carbocycles. The second-order valence-electron chi connectivity index (χ2n) is 8.33. The number of morpholine rings is 1. The van der Waals surface area contributed by atoms with Crippen molar-refractivity contribution in [1.29, 1.82) is 0 Å². The lowest BCUT2D eigenvalue weighted by Crippen LogP contribution is -2.37. The van der Waals surface area contributed by atoms with E-state index >= 15 is 0 Å². The lowest BCUT2D eigenvalue weighted by atomic mass is 10.2. The van der Waals surface area contributed by atoms with Gasteiger partial charge in [-0.2, -0.15) is 0 Å². The topological polar surface area (TPSA) is 91.2 Å². The first-order valence-corrected chi connectivity index (χ1v) is 12.2. The van der Waals surface area contributed by atoms with Crippen molar-refractivity contribution in [2.45, 2.75) is 25.9 Å². The summed E-state index contributed by atoms with van der Waals surface area (Å²) in [5, 5.41) is 13.3. The number of Topliss-reactive ketones (excluding diaryl/α,β-unsaturated/α-hetero) is 1. The smallest absolute Gasteiger partial charge is 0.232 e. The van der Waals surface area contributed by atoms with Crippen LogP contribution in [0.3, 0.4) is 0 Å². The number of nitrogens with zero attached hydrogens (tertiary/aromatic N) is 6. The third-order valence-corrected chi connectivity index (χ3v) is 6.81. The molecular weight excluding hydrogens is 471 g/mol. The number of benzene rings is 1. The van der Waals surface area contributed by atoms with E-state index in [4.69, 9.17) is 9.26 Å².